The molecule has 11 heteroatoms. The third kappa shape index (κ3) is 3.78. The van der Waals surface area contributed by atoms with Crippen molar-refractivity contribution in [2.45, 2.75) is 23.6 Å². The number of anilines is 1. The number of halogens is 3. The van der Waals surface area contributed by atoms with Crippen LogP contribution in [0.5, 0.6) is 0 Å². The Hall–Kier alpha value is -2.11. The summed E-state index contributed by atoms with van der Waals surface area (Å²) in [4.78, 5) is -1.48. The molecule has 3 N–H and O–H groups in total. The molecule has 25 heavy (non-hydrogen) atoms. The van der Waals surface area contributed by atoms with Gasteiger partial charge in [0.05, 0.1) is 10.6 Å². The van der Waals surface area contributed by atoms with E-state index in [0.29, 0.717) is 23.3 Å². The second kappa shape index (κ2) is 6.32. The first-order chi connectivity index (χ1) is 11.3. The normalized spacial score (nSPS) is 12.2. The third-order valence-electron chi connectivity index (χ3n) is 3.50. The lowest BCUT2D eigenvalue weighted by Gasteiger charge is -2.14. The minimum Gasteiger partial charge on any atom is -0.279 e. The zero-order valence-corrected chi connectivity index (χ0v) is 14.6. The molecule has 0 saturated carbocycles. The van der Waals surface area contributed by atoms with Crippen molar-refractivity contribution < 1.29 is 30.0 Å². The molecule has 0 aliphatic rings. The van der Waals surface area contributed by atoms with Crippen molar-refractivity contribution in [2.24, 2.45) is 5.14 Å². The molecule has 2 aromatic rings. The average molecular weight is 394 g/mol. The van der Waals surface area contributed by atoms with Crippen molar-refractivity contribution in [3.63, 3.8) is 0 Å². The van der Waals surface area contributed by atoms with Crippen LogP contribution in [0.1, 0.15) is 11.1 Å². The number of sulfonamides is 2. The van der Waals surface area contributed by atoms with Gasteiger partial charge in [-0.2, -0.15) is 0 Å². The first-order valence-electron chi connectivity index (χ1n) is 6.65. The highest BCUT2D eigenvalue weighted by Gasteiger charge is 2.25. The Kier molecular flexibility index (Phi) is 4.86. The largest absolute Gasteiger partial charge is 0.279 e. The molecule has 0 spiro atoms. The van der Waals surface area contributed by atoms with Gasteiger partial charge in [0.15, 0.2) is 17.5 Å². The fourth-order valence-electron chi connectivity index (χ4n) is 2.01. The van der Waals surface area contributed by atoms with E-state index in [4.69, 9.17) is 5.14 Å². The van der Waals surface area contributed by atoms with Gasteiger partial charge in [0.1, 0.15) is 4.90 Å². The zero-order valence-electron chi connectivity index (χ0n) is 13.0. The second-order valence-electron chi connectivity index (χ2n) is 5.24. The maximum absolute atomic E-state index is 13.8. The molecular weight excluding hydrogens is 381 g/mol. The summed E-state index contributed by atoms with van der Waals surface area (Å²) in [5, 5.41) is 5.02. The highest BCUT2D eigenvalue weighted by Crippen LogP contribution is 2.27. The summed E-state index contributed by atoms with van der Waals surface area (Å²) >= 11 is 0. The minimum absolute atomic E-state index is 0.187. The monoisotopic (exact) mass is 394 g/mol. The predicted octanol–water partition coefficient (Wildman–Crippen LogP) is 2.17. The Morgan fingerprint density at radius 2 is 1.56 bits per heavy atom. The maximum atomic E-state index is 13.8. The number of benzene rings is 2. The van der Waals surface area contributed by atoms with Gasteiger partial charge in [0.25, 0.3) is 10.0 Å². The molecule has 6 nitrogen and oxygen atoms in total. The SMILES string of the molecule is Cc1cc(S(N)(=O)=O)cc(NS(=O)(=O)c2ccc(F)c(F)c2F)c1C. The Morgan fingerprint density at radius 1 is 0.960 bits per heavy atom. The van der Waals surface area contributed by atoms with Crippen LogP contribution in [0, 0.1) is 31.3 Å². The topological polar surface area (TPSA) is 106 Å². The predicted molar refractivity (Wildman–Crippen MR) is 84.4 cm³/mol. The van der Waals surface area contributed by atoms with Crippen LogP contribution in [0.4, 0.5) is 18.9 Å². The van der Waals surface area contributed by atoms with Crippen molar-refractivity contribution in [1.29, 1.82) is 0 Å². The standard InChI is InChI=1S/C14H13F3N2O4S2/c1-7-5-9(24(18,20)21)6-11(8(7)2)19-25(22,23)12-4-3-10(15)13(16)14(12)17/h3-6,19H,1-2H3,(H2,18,20,21). The molecule has 0 fully saturated rings. The van der Waals surface area contributed by atoms with E-state index in [0.717, 1.165) is 6.07 Å². The van der Waals surface area contributed by atoms with Crippen LogP contribution >= 0.6 is 0 Å². The van der Waals surface area contributed by atoms with Crippen LogP contribution < -0.4 is 9.86 Å². The zero-order chi connectivity index (χ0) is 19.2. The second-order valence-corrected chi connectivity index (χ2v) is 8.45. The van der Waals surface area contributed by atoms with Crippen LogP contribution in [0.2, 0.25) is 0 Å². The van der Waals surface area contributed by atoms with E-state index in [1.165, 1.54) is 19.9 Å². The highest BCUT2D eigenvalue weighted by atomic mass is 32.2. The smallest absolute Gasteiger partial charge is 0.264 e. The molecule has 0 aliphatic heterocycles. The molecule has 0 radical (unpaired) electrons. The van der Waals surface area contributed by atoms with Crippen LogP contribution in [0.3, 0.4) is 0 Å². The number of rotatable bonds is 4. The molecule has 0 amide bonds. The molecule has 0 aromatic heterocycles. The van der Waals surface area contributed by atoms with E-state index >= 15 is 0 Å². The van der Waals surface area contributed by atoms with Gasteiger partial charge in [-0.3, -0.25) is 4.72 Å². The third-order valence-corrected chi connectivity index (χ3v) is 5.78. The molecule has 2 rings (SSSR count). The van der Waals surface area contributed by atoms with Crippen LogP contribution in [0.25, 0.3) is 0 Å². The molecular formula is C14H13F3N2O4S2. The summed E-state index contributed by atoms with van der Waals surface area (Å²) in [5.74, 6) is -5.36. The number of aryl methyl sites for hydroxylation is 1. The summed E-state index contributed by atoms with van der Waals surface area (Å²) in [6.07, 6.45) is 0. The molecule has 0 atom stereocenters. The van der Waals surface area contributed by atoms with Crippen molar-refractivity contribution in [1.82, 2.24) is 0 Å². The van der Waals surface area contributed by atoms with Gasteiger partial charge < -0.3 is 0 Å². The van der Waals surface area contributed by atoms with E-state index < -0.39 is 42.4 Å². The van der Waals surface area contributed by atoms with Gasteiger partial charge >= 0.3 is 0 Å². The number of nitrogens with one attached hydrogen (secondary N) is 1. The summed E-state index contributed by atoms with van der Waals surface area (Å²) in [5.41, 5.74) is 0.558. The van der Waals surface area contributed by atoms with Crippen LogP contribution in [0.15, 0.2) is 34.1 Å². The molecule has 2 aromatic carbocycles. The van der Waals surface area contributed by atoms with Gasteiger partial charge in [0.2, 0.25) is 10.0 Å². The van der Waals surface area contributed by atoms with Gasteiger partial charge in [-0.25, -0.2) is 35.1 Å². The Morgan fingerprint density at radius 3 is 2.12 bits per heavy atom. The highest BCUT2D eigenvalue weighted by molar-refractivity contribution is 7.92. The lowest BCUT2D eigenvalue weighted by molar-refractivity contribution is 0.432. The van der Waals surface area contributed by atoms with Gasteiger partial charge in [-0.05, 0) is 49.2 Å². The number of hydrogen-bond donors (Lipinski definition) is 2. The van der Waals surface area contributed by atoms with Crippen molar-refractivity contribution >= 4 is 25.7 Å². The quantitative estimate of drug-likeness (QED) is 0.775. The Labute approximate surface area is 142 Å². The van der Waals surface area contributed by atoms with Crippen molar-refractivity contribution in [3.8, 4) is 0 Å². The lowest BCUT2D eigenvalue weighted by Crippen LogP contribution is -2.18. The summed E-state index contributed by atoms with van der Waals surface area (Å²) < 4.78 is 89.5. The van der Waals surface area contributed by atoms with E-state index in [1.807, 2.05) is 4.72 Å². The number of nitrogens with two attached hydrogens (primary N) is 1. The molecule has 136 valence electrons. The van der Waals surface area contributed by atoms with Gasteiger partial charge in [-0.1, -0.05) is 0 Å². The summed E-state index contributed by atoms with van der Waals surface area (Å²) in [6, 6.07) is 3.21. The van der Waals surface area contributed by atoms with E-state index in [-0.39, 0.29) is 10.6 Å². The van der Waals surface area contributed by atoms with E-state index in [1.54, 1.807) is 0 Å². The first kappa shape index (κ1) is 19.2. The van der Waals surface area contributed by atoms with Crippen LogP contribution in [-0.2, 0) is 20.0 Å². The molecule has 0 unspecified atom stereocenters. The Balaban J connectivity index is 2.59. The molecule has 0 aliphatic carbocycles. The maximum Gasteiger partial charge on any atom is 0.264 e. The average Bonchev–Trinajstić information content (AvgIpc) is 2.47. The number of hydrogen-bond acceptors (Lipinski definition) is 4. The molecule has 0 saturated heterocycles. The fourth-order valence-corrected chi connectivity index (χ4v) is 3.82. The van der Waals surface area contributed by atoms with Crippen molar-refractivity contribution in [3.05, 3.63) is 52.8 Å². The van der Waals surface area contributed by atoms with Gasteiger partial charge in [-0.15, -0.1) is 0 Å². The molecule has 0 heterocycles. The molecule has 0 bridgehead atoms. The fraction of sp³-hybridized carbons (Fsp3) is 0.143. The minimum atomic E-state index is -4.65. The summed E-state index contributed by atoms with van der Waals surface area (Å²) in [6.45, 7) is 3.00. The van der Waals surface area contributed by atoms with Gasteiger partial charge in [0, 0.05) is 0 Å². The number of primary sulfonamides is 1. The Bertz CT molecular complexity index is 1070. The van der Waals surface area contributed by atoms with E-state index in [2.05, 4.69) is 0 Å². The summed E-state index contributed by atoms with van der Waals surface area (Å²) in [7, 11) is -8.78. The first-order valence-corrected chi connectivity index (χ1v) is 9.68. The lowest BCUT2D eigenvalue weighted by atomic mass is 10.1. The van der Waals surface area contributed by atoms with Crippen molar-refractivity contribution in [2.75, 3.05) is 4.72 Å². The van der Waals surface area contributed by atoms with E-state index in [9.17, 15) is 30.0 Å². The van der Waals surface area contributed by atoms with Crippen LogP contribution in [-0.4, -0.2) is 16.8 Å².